The van der Waals surface area contributed by atoms with Gasteiger partial charge in [0.25, 0.3) is 0 Å². The van der Waals surface area contributed by atoms with Crippen molar-refractivity contribution in [3.8, 4) is 0 Å². The molecule has 0 bridgehead atoms. The van der Waals surface area contributed by atoms with Crippen molar-refractivity contribution in [2.24, 2.45) is 0 Å². The van der Waals surface area contributed by atoms with Gasteiger partial charge in [-0.1, -0.05) is 45.0 Å². The number of nitrogens with zero attached hydrogens (tertiary/aromatic N) is 2. The molecule has 2 aliphatic heterocycles. The number of rotatable bonds is 4. The maximum atomic E-state index is 12.7. The van der Waals surface area contributed by atoms with E-state index in [-0.39, 0.29) is 34.9 Å². The summed E-state index contributed by atoms with van der Waals surface area (Å²) in [6.07, 6.45) is 2.70. The number of hydrogen-bond acceptors (Lipinski definition) is 4. The molecule has 1 amide bonds. The molecule has 5 nitrogen and oxygen atoms in total. The minimum atomic E-state index is -2.98. The normalized spacial score (nSPS) is 25.6. The largest absolute Gasteiger partial charge is 0.341 e. The molecule has 2 atom stereocenters. The van der Waals surface area contributed by atoms with Crippen molar-refractivity contribution >= 4 is 15.7 Å². The maximum absolute atomic E-state index is 12.7. The molecule has 150 valence electrons. The lowest BCUT2D eigenvalue weighted by Gasteiger charge is -2.29. The van der Waals surface area contributed by atoms with E-state index < -0.39 is 9.84 Å². The molecule has 0 spiro atoms. The van der Waals surface area contributed by atoms with E-state index in [1.165, 1.54) is 11.1 Å². The van der Waals surface area contributed by atoms with Gasteiger partial charge in [0.15, 0.2) is 9.84 Å². The van der Waals surface area contributed by atoms with Gasteiger partial charge in [-0.05, 0) is 42.3 Å². The topological polar surface area (TPSA) is 57.7 Å². The third-order valence-corrected chi connectivity index (χ3v) is 7.76. The average molecular weight is 393 g/mol. The van der Waals surface area contributed by atoms with Crippen molar-refractivity contribution < 1.29 is 13.2 Å². The Balaban J connectivity index is 1.65. The van der Waals surface area contributed by atoms with E-state index in [1.807, 2.05) is 0 Å². The molecule has 0 aliphatic carbocycles. The summed E-state index contributed by atoms with van der Waals surface area (Å²) in [5, 5.41) is 0. The van der Waals surface area contributed by atoms with E-state index in [1.54, 1.807) is 11.9 Å². The van der Waals surface area contributed by atoms with Gasteiger partial charge in [-0.2, -0.15) is 0 Å². The molecule has 3 rings (SSSR count). The summed E-state index contributed by atoms with van der Waals surface area (Å²) >= 11 is 0. The van der Waals surface area contributed by atoms with Crippen molar-refractivity contribution in [3.63, 3.8) is 0 Å². The van der Waals surface area contributed by atoms with Crippen LogP contribution < -0.4 is 0 Å². The van der Waals surface area contributed by atoms with E-state index in [9.17, 15) is 13.2 Å². The van der Waals surface area contributed by atoms with Gasteiger partial charge in [0.05, 0.1) is 18.1 Å². The zero-order valence-electron chi connectivity index (χ0n) is 16.9. The van der Waals surface area contributed by atoms with Crippen molar-refractivity contribution in [1.29, 1.82) is 0 Å². The zero-order chi connectivity index (χ0) is 19.8. The lowest BCUT2D eigenvalue weighted by molar-refractivity contribution is -0.133. The Morgan fingerprint density at radius 3 is 2.41 bits per heavy atom. The first kappa shape index (κ1) is 20.3. The van der Waals surface area contributed by atoms with Crippen LogP contribution in [0.3, 0.4) is 0 Å². The molecule has 0 aromatic heterocycles. The molecule has 2 saturated heterocycles. The van der Waals surface area contributed by atoms with Crippen molar-refractivity contribution in [1.82, 2.24) is 9.80 Å². The summed E-state index contributed by atoms with van der Waals surface area (Å²) in [4.78, 5) is 16.6. The Morgan fingerprint density at radius 2 is 1.85 bits per heavy atom. The molecule has 2 heterocycles. The summed E-state index contributed by atoms with van der Waals surface area (Å²) in [5.74, 6) is 0.324. The number of sulfone groups is 1. The van der Waals surface area contributed by atoms with E-state index in [4.69, 9.17) is 0 Å². The smallest absolute Gasteiger partial charge is 0.236 e. The molecule has 0 radical (unpaired) electrons. The summed E-state index contributed by atoms with van der Waals surface area (Å²) in [5.41, 5.74) is 2.71. The Kier molecular flexibility index (Phi) is 5.69. The van der Waals surface area contributed by atoms with E-state index >= 15 is 0 Å². The van der Waals surface area contributed by atoms with Crippen LogP contribution in [0.1, 0.15) is 57.2 Å². The van der Waals surface area contributed by atoms with Crippen LogP contribution in [0.25, 0.3) is 0 Å². The minimum absolute atomic E-state index is 0.0234. The van der Waals surface area contributed by atoms with Gasteiger partial charge < -0.3 is 4.90 Å². The van der Waals surface area contributed by atoms with Crippen molar-refractivity contribution in [2.45, 2.75) is 57.5 Å². The third-order valence-electron chi connectivity index (χ3n) is 6.01. The number of carbonyl (C=O) groups is 1. The predicted molar refractivity (Wildman–Crippen MR) is 109 cm³/mol. The fraction of sp³-hybridized carbons (Fsp3) is 0.667. The quantitative estimate of drug-likeness (QED) is 0.791. The highest BCUT2D eigenvalue weighted by atomic mass is 32.2. The van der Waals surface area contributed by atoms with Gasteiger partial charge in [-0.3, -0.25) is 9.69 Å². The average Bonchev–Trinajstić information content (AvgIpc) is 3.19. The number of likely N-dealkylation sites (N-methyl/N-ethyl adjacent to an activating group) is 1. The van der Waals surface area contributed by atoms with Crippen LogP contribution in [0.2, 0.25) is 0 Å². The van der Waals surface area contributed by atoms with Crippen LogP contribution in [0.4, 0.5) is 0 Å². The number of carbonyl (C=O) groups excluding carboxylic acids is 1. The van der Waals surface area contributed by atoms with Crippen molar-refractivity contribution in [3.05, 3.63) is 35.4 Å². The second kappa shape index (κ2) is 7.55. The molecule has 2 aliphatic rings. The van der Waals surface area contributed by atoms with Gasteiger partial charge in [0.2, 0.25) is 5.91 Å². The number of likely N-dealkylation sites (tertiary alicyclic amines) is 1. The lowest BCUT2D eigenvalue weighted by atomic mass is 9.86. The molecule has 1 aromatic carbocycles. The number of hydrogen-bond donors (Lipinski definition) is 0. The van der Waals surface area contributed by atoms with Crippen molar-refractivity contribution in [2.75, 3.05) is 31.6 Å². The fourth-order valence-electron chi connectivity index (χ4n) is 4.17. The molecule has 2 fully saturated rings. The van der Waals surface area contributed by atoms with Crippen LogP contribution in [0.15, 0.2) is 24.3 Å². The molecule has 27 heavy (non-hydrogen) atoms. The van der Waals surface area contributed by atoms with Crippen LogP contribution in [-0.2, 0) is 20.0 Å². The highest BCUT2D eigenvalue weighted by Gasteiger charge is 2.34. The number of benzene rings is 1. The molecule has 2 unspecified atom stereocenters. The molecular weight excluding hydrogens is 360 g/mol. The lowest BCUT2D eigenvalue weighted by Crippen LogP contribution is -2.43. The van der Waals surface area contributed by atoms with Crippen LogP contribution >= 0.6 is 0 Å². The molecule has 0 saturated carbocycles. The highest BCUT2D eigenvalue weighted by Crippen LogP contribution is 2.33. The Morgan fingerprint density at radius 1 is 1.19 bits per heavy atom. The highest BCUT2D eigenvalue weighted by molar-refractivity contribution is 7.91. The van der Waals surface area contributed by atoms with Gasteiger partial charge in [0, 0.05) is 19.1 Å². The first-order valence-corrected chi connectivity index (χ1v) is 11.7. The second-order valence-electron chi connectivity index (χ2n) is 9.06. The van der Waals surface area contributed by atoms with Gasteiger partial charge in [-0.15, -0.1) is 0 Å². The van der Waals surface area contributed by atoms with Crippen LogP contribution in [-0.4, -0.2) is 61.8 Å². The zero-order valence-corrected chi connectivity index (χ0v) is 17.8. The van der Waals surface area contributed by atoms with Gasteiger partial charge in [0.1, 0.15) is 0 Å². The first-order valence-electron chi connectivity index (χ1n) is 9.87. The minimum Gasteiger partial charge on any atom is -0.341 e. The first-order chi connectivity index (χ1) is 12.6. The second-order valence-corrected chi connectivity index (χ2v) is 11.3. The van der Waals surface area contributed by atoms with E-state index in [0.29, 0.717) is 13.0 Å². The molecule has 0 N–H and O–H groups in total. The summed E-state index contributed by atoms with van der Waals surface area (Å²) in [7, 11) is -1.23. The Hall–Kier alpha value is -1.40. The predicted octanol–water partition coefficient (Wildman–Crippen LogP) is 2.77. The van der Waals surface area contributed by atoms with E-state index in [0.717, 1.165) is 19.4 Å². The summed E-state index contributed by atoms with van der Waals surface area (Å²) in [6.45, 7) is 7.90. The third kappa shape index (κ3) is 4.72. The Labute approximate surface area is 163 Å². The van der Waals surface area contributed by atoms with E-state index in [2.05, 4.69) is 49.9 Å². The van der Waals surface area contributed by atoms with Crippen LogP contribution in [0.5, 0.6) is 0 Å². The maximum Gasteiger partial charge on any atom is 0.236 e. The summed E-state index contributed by atoms with van der Waals surface area (Å²) < 4.78 is 23.4. The summed E-state index contributed by atoms with van der Waals surface area (Å²) in [6, 6.07) is 8.88. The van der Waals surface area contributed by atoms with Crippen LogP contribution in [0, 0.1) is 0 Å². The molecule has 1 aromatic rings. The SMILES string of the molecule is CN(C(=O)CN1CCCC1c1ccc(C(C)(C)C)cc1)C1CCS(=O)(=O)C1. The standard InChI is InChI=1S/C21H32N2O3S/c1-21(2,3)17-9-7-16(8-10-17)19-6-5-12-23(19)14-20(24)22(4)18-11-13-27(25,26)15-18/h7-10,18-19H,5-6,11-15H2,1-4H3. The fourth-order valence-corrected chi connectivity index (χ4v) is 5.94. The molecular formula is C21H32N2O3S. The Bertz CT molecular complexity index is 781. The monoisotopic (exact) mass is 392 g/mol. The number of amides is 1. The van der Waals surface area contributed by atoms with Gasteiger partial charge >= 0.3 is 0 Å². The molecule has 6 heteroatoms. The van der Waals surface area contributed by atoms with Gasteiger partial charge in [-0.25, -0.2) is 8.42 Å².